The minimum absolute atomic E-state index is 0.0422. The Bertz CT molecular complexity index is 1260. The summed E-state index contributed by atoms with van der Waals surface area (Å²) in [4.78, 5) is 65.8. The van der Waals surface area contributed by atoms with Crippen LogP contribution in [0.4, 0.5) is 22.0 Å². The zero-order chi connectivity index (χ0) is 31.9. The molecular weight excluding hydrogens is 581 g/mol. The van der Waals surface area contributed by atoms with Crippen LogP contribution in [-0.4, -0.2) is 76.7 Å². The van der Waals surface area contributed by atoms with Crippen molar-refractivity contribution in [1.29, 1.82) is 0 Å². The molecule has 0 aromatic rings. The molecule has 43 heavy (non-hydrogen) atoms. The fourth-order valence-electron chi connectivity index (χ4n) is 7.94. The second-order valence-electron chi connectivity index (χ2n) is 14.0. The summed E-state index contributed by atoms with van der Waals surface area (Å²) in [5.74, 6) is -9.75. The number of amides is 5. The van der Waals surface area contributed by atoms with Crippen LogP contribution in [0, 0.1) is 35.0 Å². The van der Waals surface area contributed by atoms with Crippen molar-refractivity contribution in [2.24, 2.45) is 40.7 Å². The minimum Gasteiger partial charge on any atom is -0.368 e. The SMILES string of the molecule is CC(C)(C)[C@H](NC(=O)C(F)(F)F)C(=O)N1C[C@H]2[C@@H]([C@H]1C(=O)N[C@@H](CC1CC3(CC(F)(F)C3)NC1=O)C(N)=O)[C@H]1C=C[C@@H]2C1. The maximum atomic E-state index is 13.9. The van der Waals surface area contributed by atoms with Gasteiger partial charge in [-0.05, 0) is 48.3 Å². The van der Waals surface area contributed by atoms with Crippen molar-refractivity contribution in [1.82, 2.24) is 20.9 Å². The van der Waals surface area contributed by atoms with Crippen LogP contribution >= 0.6 is 0 Å². The summed E-state index contributed by atoms with van der Waals surface area (Å²) in [6.45, 7) is 4.53. The maximum Gasteiger partial charge on any atom is 0.471 e. The first-order valence-corrected chi connectivity index (χ1v) is 14.4. The van der Waals surface area contributed by atoms with Gasteiger partial charge in [-0.3, -0.25) is 24.0 Å². The molecule has 2 saturated heterocycles. The van der Waals surface area contributed by atoms with Crippen molar-refractivity contribution in [2.45, 2.75) is 88.6 Å². The molecule has 5 N–H and O–H groups in total. The van der Waals surface area contributed by atoms with Crippen LogP contribution < -0.4 is 21.7 Å². The molecule has 1 unspecified atom stereocenters. The van der Waals surface area contributed by atoms with Crippen molar-refractivity contribution < 1.29 is 45.9 Å². The molecule has 2 saturated carbocycles. The molecule has 8 atom stereocenters. The lowest BCUT2D eigenvalue weighted by Crippen LogP contribution is -2.61. The molecule has 0 radical (unpaired) electrons. The first-order chi connectivity index (χ1) is 19.7. The van der Waals surface area contributed by atoms with E-state index in [1.54, 1.807) is 5.32 Å². The molecule has 2 bridgehead atoms. The van der Waals surface area contributed by atoms with Crippen molar-refractivity contribution in [2.75, 3.05) is 6.54 Å². The van der Waals surface area contributed by atoms with E-state index < -0.39 is 89.5 Å². The number of alkyl halides is 5. The Labute approximate surface area is 244 Å². The second-order valence-corrected chi connectivity index (χ2v) is 14.0. The fraction of sp³-hybridized carbons (Fsp3) is 0.750. The monoisotopic (exact) mass is 617 g/mol. The van der Waals surface area contributed by atoms with Crippen LogP contribution in [0.25, 0.3) is 0 Å². The smallest absolute Gasteiger partial charge is 0.368 e. The summed E-state index contributed by atoms with van der Waals surface area (Å²) in [5.41, 5.74) is 3.35. The second kappa shape index (κ2) is 10.1. The van der Waals surface area contributed by atoms with E-state index in [-0.39, 0.29) is 43.1 Å². The van der Waals surface area contributed by atoms with Gasteiger partial charge in [0.2, 0.25) is 23.6 Å². The normalized spacial score (nSPS) is 33.0. The highest BCUT2D eigenvalue weighted by molar-refractivity contribution is 5.96. The first kappa shape index (κ1) is 31.2. The summed E-state index contributed by atoms with van der Waals surface area (Å²) >= 11 is 0. The number of halogens is 5. The van der Waals surface area contributed by atoms with Gasteiger partial charge in [0.15, 0.2) is 0 Å². The van der Waals surface area contributed by atoms with E-state index in [9.17, 15) is 45.9 Å². The molecule has 10 nitrogen and oxygen atoms in total. The van der Waals surface area contributed by atoms with Crippen LogP contribution in [0.5, 0.6) is 0 Å². The number of nitrogens with one attached hydrogen (secondary N) is 3. The topological polar surface area (TPSA) is 151 Å². The summed E-state index contributed by atoms with van der Waals surface area (Å²) in [6.07, 6.45) is -1.81. The zero-order valence-corrected chi connectivity index (χ0v) is 24.0. The Morgan fingerprint density at radius 2 is 1.72 bits per heavy atom. The molecular formula is C28H36F5N5O5. The van der Waals surface area contributed by atoms with Gasteiger partial charge in [-0.25, -0.2) is 8.78 Å². The predicted molar refractivity (Wildman–Crippen MR) is 140 cm³/mol. The standard InChI is InChI=1S/C28H36F5N5O5/c1-25(2,3)19(36-24(43)28(31,32)33)23(42)38-9-15-12-4-5-13(6-12)17(15)18(38)22(41)35-16(20(34)39)7-14-8-26(37-21(14)40)10-27(29,30)11-26/h4-5,12-19H,6-11H2,1-3H3,(H2,34,39)(H,35,41)(H,36,43)(H,37,40)/t12-,13+,14?,15-,16+,17+,18+,19-/m1/s1. The van der Waals surface area contributed by atoms with Crippen molar-refractivity contribution in [3.63, 3.8) is 0 Å². The highest BCUT2D eigenvalue weighted by atomic mass is 19.4. The van der Waals surface area contributed by atoms with E-state index in [1.807, 2.05) is 12.2 Å². The van der Waals surface area contributed by atoms with Crippen molar-refractivity contribution in [3.05, 3.63) is 12.2 Å². The van der Waals surface area contributed by atoms with Gasteiger partial charge in [-0.2, -0.15) is 13.2 Å². The number of rotatable bonds is 7. The molecule has 2 aliphatic heterocycles. The van der Waals surface area contributed by atoms with Gasteiger partial charge in [0.1, 0.15) is 18.1 Å². The highest BCUT2D eigenvalue weighted by Crippen LogP contribution is 2.55. The van der Waals surface area contributed by atoms with Crippen LogP contribution in [0.2, 0.25) is 0 Å². The van der Waals surface area contributed by atoms with Gasteiger partial charge in [0.25, 0.3) is 5.92 Å². The lowest BCUT2D eigenvalue weighted by Gasteiger charge is -2.44. The van der Waals surface area contributed by atoms with Gasteiger partial charge >= 0.3 is 12.1 Å². The van der Waals surface area contributed by atoms with E-state index in [2.05, 4.69) is 10.6 Å². The molecule has 0 aromatic carbocycles. The number of likely N-dealkylation sites (tertiary alicyclic amines) is 1. The number of nitrogens with two attached hydrogens (primary N) is 1. The Hall–Kier alpha value is -3.26. The van der Waals surface area contributed by atoms with E-state index in [0.29, 0.717) is 0 Å². The van der Waals surface area contributed by atoms with E-state index in [0.717, 1.165) is 6.42 Å². The summed E-state index contributed by atoms with van der Waals surface area (Å²) < 4.78 is 66.6. The molecule has 1 spiro atoms. The molecule has 15 heteroatoms. The van der Waals surface area contributed by atoms with Gasteiger partial charge in [-0.1, -0.05) is 32.9 Å². The van der Waals surface area contributed by atoms with Gasteiger partial charge in [-0.15, -0.1) is 0 Å². The molecule has 5 rings (SSSR count). The number of carbonyl (C=O) groups is 5. The van der Waals surface area contributed by atoms with Gasteiger partial charge in [0.05, 0.1) is 5.54 Å². The van der Waals surface area contributed by atoms with E-state index in [1.165, 1.54) is 25.7 Å². The molecule has 3 aliphatic carbocycles. The van der Waals surface area contributed by atoms with E-state index >= 15 is 0 Å². The third-order valence-corrected chi connectivity index (χ3v) is 9.76. The minimum atomic E-state index is -5.24. The van der Waals surface area contributed by atoms with Gasteiger partial charge in [0, 0.05) is 25.3 Å². The number of hydrogen-bond donors (Lipinski definition) is 4. The van der Waals surface area contributed by atoms with Crippen LogP contribution in [-0.2, 0) is 24.0 Å². The van der Waals surface area contributed by atoms with Crippen LogP contribution in [0.1, 0.15) is 52.9 Å². The number of fused-ring (bicyclic) bond motifs is 5. The average Bonchev–Trinajstić information content (AvgIpc) is 3.60. The molecule has 5 aliphatic rings. The first-order valence-electron chi connectivity index (χ1n) is 14.4. The maximum absolute atomic E-state index is 13.9. The largest absolute Gasteiger partial charge is 0.471 e. The van der Waals surface area contributed by atoms with Gasteiger partial charge < -0.3 is 26.6 Å². The predicted octanol–water partition coefficient (Wildman–Crippen LogP) is 1.39. The molecule has 4 fully saturated rings. The Kier molecular flexibility index (Phi) is 7.36. The molecule has 5 amide bonds. The highest BCUT2D eigenvalue weighted by Gasteiger charge is 2.62. The van der Waals surface area contributed by atoms with Crippen LogP contribution in [0.15, 0.2) is 12.2 Å². The third-order valence-electron chi connectivity index (χ3n) is 9.76. The quantitative estimate of drug-likeness (QED) is 0.252. The lowest BCUT2D eigenvalue weighted by molar-refractivity contribution is -0.176. The fourth-order valence-corrected chi connectivity index (χ4v) is 7.94. The summed E-state index contributed by atoms with van der Waals surface area (Å²) in [6, 6.07) is -4.17. The number of nitrogens with zero attached hydrogens (tertiary/aromatic N) is 1. The molecule has 2 heterocycles. The lowest BCUT2D eigenvalue weighted by atomic mass is 9.71. The average molecular weight is 618 g/mol. The molecule has 0 aromatic heterocycles. The summed E-state index contributed by atoms with van der Waals surface area (Å²) in [5, 5.41) is 6.95. The number of carbonyl (C=O) groups excluding carboxylic acids is 5. The number of hydrogen-bond acceptors (Lipinski definition) is 5. The third kappa shape index (κ3) is 5.70. The Morgan fingerprint density at radius 3 is 2.28 bits per heavy atom. The molecule has 238 valence electrons. The Balaban J connectivity index is 1.36. The number of primary amides is 1. The number of allylic oxidation sites excluding steroid dienone is 2. The summed E-state index contributed by atoms with van der Waals surface area (Å²) in [7, 11) is 0. The van der Waals surface area contributed by atoms with Crippen LogP contribution in [0.3, 0.4) is 0 Å². The van der Waals surface area contributed by atoms with Crippen molar-refractivity contribution >= 4 is 29.5 Å². The van der Waals surface area contributed by atoms with E-state index in [4.69, 9.17) is 5.73 Å². The van der Waals surface area contributed by atoms with Crippen molar-refractivity contribution in [3.8, 4) is 0 Å². The zero-order valence-electron chi connectivity index (χ0n) is 24.0. The Morgan fingerprint density at radius 1 is 1.09 bits per heavy atom.